The molecule has 0 aromatic carbocycles. The molecule has 1 saturated heterocycles. The van der Waals surface area contributed by atoms with E-state index in [1.165, 1.54) is 11.2 Å². The van der Waals surface area contributed by atoms with Crippen LogP contribution in [-0.4, -0.2) is 44.1 Å². The fourth-order valence-corrected chi connectivity index (χ4v) is 3.55. The molecule has 1 fully saturated rings. The largest absolute Gasteiger partial charge is 0.340 e. The molecule has 6 nitrogen and oxygen atoms in total. The molecule has 0 bridgehead atoms. The normalized spacial score (nSPS) is 22.5. The predicted octanol–water partition coefficient (Wildman–Crippen LogP) is 1.91. The van der Waals surface area contributed by atoms with Crippen LogP contribution in [0.25, 0.3) is 10.7 Å². The minimum atomic E-state index is 0.0727. The highest BCUT2D eigenvalue weighted by Gasteiger charge is 2.25. The van der Waals surface area contributed by atoms with Gasteiger partial charge >= 0.3 is 0 Å². The van der Waals surface area contributed by atoms with Gasteiger partial charge in [-0.3, -0.25) is 4.79 Å². The lowest BCUT2D eigenvalue weighted by atomic mass is 9.92. The smallest absolute Gasteiger partial charge is 0.246 e. The van der Waals surface area contributed by atoms with E-state index >= 15 is 0 Å². The van der Waals surface area contributed by atoms with Crippen LogP contribution in [0, 0.1) is 11.8 Å². The van der Waals surface area contributed by atoms with Gasteiger partial charge in [0.05, 0.1) is 4.88 Å². The number of carbonyl (C=O) groups excluding carboxylic acids is 1. The molecule has 3 heterocycles. The summed E-state index contributed by atoms with van der Waals surface area (Å²) >= 11 is 1.56. The molecular weight excluding hydrogens is 286 g/mol. The van der Waals surface area contributed by atoms with Gasteiger partial charge in [0.1, 0.15) is 6.54 Å². The number of tetrazole rings is 1. The van der Waals surface area contributed by atoms with Gasteiger partial charge in [-0.15, -0.1) is 21.5 Å². The van der Waals surface area contributed by atoms with Crippen molar-refractivity contribution in [2.45, 2.75) is 26.8 Å². The maximum absolute atomic E-state index is 12.4. The molecule has 112 valence electrons. The van der Waals surface area contributed by atoms with Gasteiger partial charge in [-0.05, 0) is 34.9 Å². The van der Waals surface area contributed by atoms with E-state index in [-0.39, 0.29) is 12.5 Å². The lowest BCUT2D eigenvalue weighted by molar-refractivity contribution is -0.135. The van der Waals surface area contributed by atoms with Crippen LogP contribution in [0.3, 0.4) is 0 Å². The second-order valence-electron chi connectivity index (χ2n) is 5.87. The Morgan fingerprint density at radius 3 is 2.81 bits per heavy atom. The van der Waals surface area contributed by atoms with Crippen molar-refractivity contribution >= 4 is 17.2 Å². The Balaban J connectivity index is 1.65. The van der Waals surface area contributed by atoms with Crippen molar-refractivity contribution in [3.8, 4) is 10.7 Å². The number of hydrogen-bond acceptors (Lipinski definition) is 5. The number of hydrogen-bond donors (Lipinski definition) is 0. The average Bonchev–Trinajstić information content (AvgIpc) is 3.07. The highest BCUT2D eigenvalue weighted by molar-refractivity contribution is 7.13. The van der Waals surface area contributed by atoms with Crippen LogP contribution >= 0.6 is 11.3 Å². The van der Waals surface area contributed by atoms with Crippen molar-refractivity contribution in [1.29, 1.82) is 0 Å². The highest BCUT2D eigenvalue weighted by atomic mass is 32.1. The Morgan fingerprint density at radius 2 is 2.14 bits per heavy atom. The Hall–Kier alpha value is -1.76. The van der Waals surface area contributed by atoms with Crippen LogP contribution in [0.2, 0.25) is 0 Å². The van der Waals surface area contributed by atoms with Crippen LogP contribution in [0.5, 0.6) is 0 Å². The van der Waals surface area contributed by atoms with Gasteiger partial charge in [0.25, 0.3) is 0 Å². The van der Waals surface area contributed by atoms with Gasteiger partial charge in [0, 0.05) is 13.1 Å². The highest BCUT2D eigenvalue weighted by Crippen LogP contribution is 2.21. The van der Waals surface area contributed by atoms with E-state index in [1.807, 2.05) is 22.4 Å². The molecule has 0 N–H and O–H groups in total. The van der Waals surface area contributed by atoms with E-state index in [4.69, 9.17) is 0 Å². The monoisotopic (exact) mass is 305 g/mol. The van der Waals surface area contributed by atoms with E-state index in [0.717, 1.165) is 18.0 Å². The van der Waals surface area contributed by atoms with Crippen molar-refractivity contribution in [1.82, 2.24) is 25.1 Å². The van der Waals surface area contributed by atoms with Gasteiger partial charge in [-0.1, -0.05) is 19.9 Å². The second-order valence-corrected chi connectivity index (χ2v) is 6.81. The number of amides is 1. The fraction of sp³-hybridized carbons (Fsp3) is 0.571. The Labute approximate surface area is 127 Å². The van der Waals surface area contributed by atoms with Crippen molar-refractivity contribution in [3.05, 3.63) is 17.5 Å². The molecule has 0 aliphatic carbocycles. The molecule has 2 aromatic heterocycles. The van der Waals surface area contributed by atoms with Gasteiger partial charge in [0.2, 0.25) is 11.7 Å². The summed E-state index contributed by atoms with van der Waals surface area (Å²) in [5.74, 6) is 1.77. The first-order valence-corrected chi connectivity index (χ1v) is 8.09. The molecule has 0 spiro atoms. The number of thiophene rings is 1. The quantitative estimate of drug-likeness (QED) is 0.869. The zero-order chi connectivity index (χ0) is 14.8. The summed E-state index contributed by atoms with van der Waals surface area (Å²) in [7, 11) is 0. The van der Waals surface area contributed by atoms with Crippen molar-refractivity contribution in [2.24, 2.45) is 11.8 Å². The predicted molar refractivity (Wildman–Crippen MR) is 80.7 cm³/mol. The van der Waals surface area contributed by atoms with E-state index in [0.29, 0.717) is 17.7 Å². The molecule has 1 aliphatic rings. The van der Waals surface area contributed by atoms with E-state index in [9.17, 15) is 4.79 Å². The first kappa shape index (κ1) is 14.2. The lowest BCUT2D eigenvalue weighted by Crippen LogP contribution is -2.44. The Morgan fingerprint density at radius 1 is 1.38 bits per heavy atom. The van der Waals surface area contributed by atoms with Crippen LogP contribution < -0.4 is 0 Å². The number of aromatic nitrogens is 4. The second kappa shape index (κ2) is 5.93. The molecule has 0 saturated carbocycles. The van der Waals surface area contributed by atoms with Gasteiger partial charge in [-0.2, -0.15) is 4.80 Å². The summed E-state index contributed by atoms with van der Waals surface area (Å²) in [5.41, 5.74) is 0. The minimum Gasteiger partial charge on any atom is -0.340 e. The number of rotatable bonds is 3. The van der Waals surface area contributed by atoms with Crippen molar-refractivity contribution in [3.63, 3.8) is 0 Å². The molecule has 2 atom stereocenters. The van der Waals surface area contributed by atoms with E-state index in [1.54, 1.807) is 11.3 Å². The molecule has 3 rings (SSSR count). The van der Waals surface area contributed by atoms with E-state index < -0.39 is 0 Å². The first-order chi connectivity index (χ1) is 10.1. The minimum absolute atomic E-state index is 0.0727. The summed E-state index contributed by atoms with van der Waals surface area (Å²) in [6.45, 7) is 6.21. The number of carbonyl (C=O) groups is 1. The Kier molecular flexibility index (Phi) is 4.01. The molecule has 0 radical (unpaired) electrons. The molecule has 0 unspecified atom stereocenters. The van der Waals surface area contributed by atoms with Crippen molar-refractivity contribution in [2.75, 3.05) is 13.1 Å². The maximum Gasteiger partial charge on any atom is 0.246 e. The molecule has 21 heavy (non-hydrogen) atoms. The van der Waals surface area contributed by atoms with Crippen molar-refractivity contribution < 1.29 is 4.79 Å². The summed E-state index contributed by atoms with van der Waals surface area (Å²) in [5, 5.41) is 14.2. The fourth-order valence-electron chi connectivity index (χ4n) is 2.90. The number of piperidine rings is 1. The lowest BCUT2D eigenvalue weighted by Gasteiger charge is -2.34. The van der Waals surface area contributed by atoms with Crippen LogP contribution in [-0.2, 0) is 11.3 Å². The molecule has 1 aliphatic heterocycles. The maximum atomic E-state index is 12.4. The Bertz CT molecular complexity index is 599. The summed E-state index contributed by atoms with van der Waals surface area (Å²) in [6.07, 6.45) is 1.19. The number of likely N-dealkylation sites (tertiary alicyclic amines) is 1. The topological polar surface area (TPSA) is 63.9 Å². The summed E-state index contributed by atoms with van der Waals surface area (Å²) < 4.78 is 0. The zero-order valence-electron chi connectivity index (χ0n) is 12.3. The SMILES string of the molecule is C[C@H]1C[C@H](C)CN(C(=O)Cn2nnc(-c3cccs3)n2)C1. The third-order valence-electron chi connectivity index (χ3n) is 3.69. The standard InChI is InChI=1S/C14H19N5OS/c1-10-6-11(2)8-18(7-10)13(20)9-19-16-14(15-17-19)12-4-3-5-21-12/h3-5,10-11H,6-9H2,1-2H3/t10-,11-/m0/s1. The van der Waals surface area contributed by atoms with E-state index in [2.05, 4.69) is 29.3 Å². The average molecular weight is 305 g/mol. The molecule has 1 amide bonds. The van der Waals surface area contributed by atoms with Crippen LogP contribution in [0.4, 0.5) is 0 Å². The first-order valence-electron chi connectivity index (χ1n) is 7.21. The van der Waals surface area contributed by atoms with Gasteiger partial charge < -0.3 is 4.90 Å². The van der Waals surface area contributed by atoms with Crippen LogP contribution in [0.15, 0.2) is 17.5 Å². The number of nitrogens with zero attached hydrogens (tertiary/aromatic N) is 5. The van der Waals surface area contributed by atoms with Gasteiger partial charge in [0.15, 0.2) is 0 Å². The third-order valence-corrected chi connectivity index (χ3v) is 4.56. The molecule has 7 heteroatoms. The third kappa shape index (κ3) is 3.29. The molecule has 2 aromatic rings. The summed E-state index contributed by atoms with van der Waals surface area (Å²) in [4.78, 5) is 16.6. The summed E-state index contributed by atoms with van der Waals surface area (Å²) in [6, 6.07) is 3.89. The molecular formula is C14H19N5OS. The zero-order valence-corrected chi connectivity index (χ0v) is 13.1. The van der Waals surface area contributed by atoms with Crippen LogP contribution in [0.1, 0.15) is 20.3 Å². The van der Waals surface area contributed by atoms with Gasteiger partial charge in [-0.25, -0.2) is 0 Å².